The van der Waals surface area contributed by atoms with Gasteiger partial charge in [-0.2, -0.15) is 0 Å². The lowest BCUT2D eigenvalue weighted by molar-refractivity contribution is 0.575. The number of rotatable bonds is 4. The van der Waals surface area contributed by atoms with E-state index in [1.54, 1.807) is 0 Å². The fourth-order valence-electron chi connectivity index (χ4n) is 1.23. The van der Waals surface area contributed by atoms with Crippen molar-refractivity contribution in [2.24, 2.45) is 5.73 Å². The Kier molecular flexibility index (Phi) is 5.28. The summed E-state index contributed by atoms with van der Waals surface area (Å²) in [5.41, 5.74) is 6.10. The normalized spacial score (nSPS) is 10.8. The molecule has 0 fully saturated rings. The molecule has 18 heavy (non-hydrogen) atoms. The molecule has 0 saturated heterocycles. The van der Waals surface area contributed by atoms with Gasteiger partial charge in [0.25, 0.3) is 0 Å². The van der Waals surface area contributed by atoms with Gasteiger partial charge in [0.05, 0.1) is 12.3 Å². The smallest absolute Gasteiger partial charge is 0.211 e. The van der Waals surface area contributed by atoms with Gasteiger partial charge in [-0.25, -0.2) is 17.5 Å². The summed E-state index contributed by atoms with van der Waals surface area (Å²) in [4.78, 5) is 0. The van der Waals surface area contributed by atoms with Gasteiger partial charge in [-0.1, -0.05) is 11.8 Å². The molecule has 0 saturated carbocycles. The standard InChI is InChI=1S/C12H15FN2O2S/c1-2-18(16,17)15-9-11-8-10(4-3-7-14)5-6-12(11)13/h5-6,8,15H,2,7,9,14H2,1H3. The topological polar surface area (TPSA) is 72.2 Å². The molecule has 0 heterocycles. The molecular weight excluding hydrogens is 255 g/mol. The lowest BCUT2D eigenvalue weighted by atomic mass is 10.1. The second-order valence-corrected chi connectivity index (χ2v) is 5.63. The van der Waals surface area contributed by atoms with Crippen molar-refractivity contribution in [3.8, 4) is 11.8 Å². The van der Waals surface area contributed by atoms with Crippen molar-refractivity contribution in [3.05, 3.63) is 35.1 Å². The van der Waals surface area contributed by atoms with Gasteiger partial charge in [0.2, 0.25) is 10.0 Å². The van der Waals surface area contributed by atoms with Crippen molar-refractivity contribution in [1.29, 1.82) is 0 Å². The Bertz CT molecular complexity index is 573. The third kappa shape index (κ3) is 4.45. The summed E-state index contributed by atoms with van der Waals surface area (Å²) in [6, 6.07) is 4.29. The zero-order valence-electron chi connectivity index (χ0n) is 10.0. The molecule has 0 aliphatic heterocycles. The molecule has 0 aliphatic carbocycles. The minimum Gasteiger partial charge on any atom is -0.320 e. The van der Waals surface area contributed by atoms with E-state index in [2.05, 4.69) is 16.6 Å². The third-order valence-electron chi connectivity index (χ3n) is 2.24. The number of sulfonamides is 1. The summed E-state index contributed by atoms with van der Waals surface area (Å²) in [6.07, 6.45) is 0. The van der Waals surface area contributed by atoms with Crippen LogP contribution in [0.1, 0.15) is 18.1 Å². The minimum atomic E-state index is -3.34. The molecule has 0 unspecified atom stereocenters. The number of halogens is 1. The minimum absolute atomic E-state index is 0.0404. The first-order chi connectivity index (χ1) is 8.48. The molecule has 0 radical (unpaired) electrons. The van der Waals surface area contributed by atoms with Crippen molar-refractivity contribution in [2.45, 2.75) is 13.5 Å². The van der Waals surface area contributed by atoms with Gasteiger partial charge in [0, 0.05) is 17.7 Å². The Morgan fingerprint density at radius 2 is 2.17 bits per heavy atom. The quantitative estimate of drug-likeness (QED) is 0.786. The first-order valence-corrected chi connectivity index (χ1v) is 7.08. The summed E-state index contributed by atoms with van der Waals surface area (Å²) in [6.45, 7) is 1.65. The number of hydrogen-bond acceptors (Lipinski definition) is 3. The zero-order valence-corrected chi connectivity index (χ0v) is 10.8. The van der Waals surface area contributed by atoms with E-state index in [1.807, 2.05) is 0 Å². The van der Waals surface area contributed by atoms with Crippen LogP contribution < -0.4 is 10.5 Å². The lowest BCUT2D eigenvalue weighted by Gasteiger charge is -2.06. The second kappa shape index (κ2) is 6.50. The summed E-state index contributed by atoms with van der Waals surface area (Å²) in [5, 5.41) is 0. The molecular formula is C12H15FN2O2S. The Morgan fingerprint density at radius 1 is 1.44 bits per heavy atom. The van der Waals surface area contributed by atoms with E-state index in [-0.39, 0.29) is 24.4 Å². The van der Waals surface area contributed by atoms with E-state index in [4.69, 9.17) is 5.73 Å². The van der Waals surface area contributed by atoms with Crippen LogP contribution in [0.5, 0.6) is 0 Å². The van der Waals surface area contributed by atoms with Gasteiger partial charge < -0.3 is 5.73 Å². The maximum Gasteiger partial charge on any atom is 0.211 e. The highest BCUT2D eigenvalue weighted by Crippen LogP contribution is 2.10. The number of nitrogens with two attached hydrogens (primary N) is 1. The number of benzene rings is 1. The molecule has 98 valence electrons. The highest BCUT2D eigenvalue weighted by molar-refractivity contribution is 7.89. The summed E-state index contributed by atoms with van der Waals surface area (Å²) >= 11 is 0. The zero-order chi connectivity index (χ0) is 13.6. The average Bonchev–Trinajstić information content (AvgIpc) is 2.36. The van der Waals surface area contributed by atoms with Crippen molar-refractivity contribution in [3.63, 3.8) is 0 Å². The number of hydrogen-bond donors (Lipinski definition) is 2. The molecule has 0 spiro atoms. The molecule has 0 amide bonds. The van der Waals surface area contributed by atoms with E-state index in [1.165, 1.54) is 25.1 Å². The van der Waals surface area contributed by atoms with Crippen molar-refractivity contribution < 1.29 is 12.8 Å². The maximum atomic E-state index is 13.5. The molecule has 0 aromatic heterocycles. The largest absolute Gasteiger partial charge is 0.320 e. The molecule has 0 atom stereocenters. The van der Waals surface area contributed by atoms with Crippen molar-refractivity contribution >= 4 is 10.0 Å². The highest BCUT2D eigenvalue weighted by Gasteiger charge is 2.09. The van der Waals surface area contributed by atoms with Crippen LogP contribution in [-0.4, -0.2) is 20.7 Å². The van der Waals surface area contributed by atoms with Crippen LogP contribution in [0.2, 0.25) is 0 Å². The Hall–Kier alpha value is -1.42. The van der Waals surface area contributed by atoms with Crippen LogP contribution in [0.3, 0.4) is 0 Å². The monoisotopic (exact) mass is 270 g/mol. The van der Waals surface area contributed by atoms with Crippen LogP contribution in [0.15, 0.2) is 18.2 Å². The van der Waals surface area contributed by atoms with Crippen molar-refractivity contribution in [2.75, 3.05) is 12.3 Å². The summed E-state index contributed by atoms with van der Waals surface area (Å²) in [7, 11) is -3.34. The fraction of sp³-hybridized carbons (Fsp3) is 0.333. The van der Waals surface area contributed by atoms with Crippen molar-refractivity contribution in [1.82, 2.24) is 4.72 Å². The van der Waals surface area contributed by atoms with Crippen LogP contribution >= 0.6 is 0 Å². The molecule has 4 nitrogen and oxygen atoms in total. The summed E-state index contributed by atoms with van der Waals surface area (Å²) in [5.74, 6) is 4.91. The summed E-state index contributed by atoms with van der Waals surface area (Å²) < 4.78 is 38.3. The van der Waals surface area contributed by atoms with Gasteiger partial charge in [-0.3, -0.25) is 0 Å². The lowest BCUT2D eigenvalue weighted by Crippen LogP contribution is -2.25. The van der Waals surface area contributed by atoms with Gasteiger partial charge in [-0.15, -0.1) is 0 Å². The molecule has 1 rings (SSSR count). The molecule has 1 aromatic carbocycles. The second-order valence-electron chi connectivity index (χ2n) is 3.54. The molecule has 1 aromatic rings. The first-order valence-electron chi connectivity index (χ1n) is 5.43. The third-order valence-corrected chi connectivity index (χ3v) is 3.59. The Labute approximate surface area is 106 Å². The van der Waals surface area contributed by atoms with E-state index in [0.717, 1.165) is 0 Å². The molecule has 0 bridgehead atoms. The predicted molar refractivity (Wildman–Crippen MR) is 68.6 cm³/mol. The fourth-order valence-corrected chi connectivity index (χ4v) is 1.81. The Balaban J connectivity index is 2.88. The Morgan fingerprint density at radius 3 is 2.78 bits per heavy atom. The predicted octanol–water partition coefficient (Wildman–Crippen LogP) is 0.575. The van der Waals surface area contributed by atoms with E-state index >= 15 is 0 Å². The highest BCUT2D eigenvalue weighted by atomic mass is 32.2. The van der Waals surface area contributed by atoms with Crippen LogP contribution in [0, 0.1) is 17.7 Å². The van der Waals surface area contributed by atoms with Gasteiger partial charge in [0.1, 0.15) is 5.82 Å². The SMILES string of the molecule is CCS(=O)(=O)NCc1cc(C#CCN)ccc1F. The van der Waals surface area contributed by atoms with E-state index in [9.17, 15) is 12.8 Å². The van der Waals surface area contributed by atoms with Crippen LogP contribution in [0.25, 0.3) is 0 Å². The van der Waals surface area contributed by atoms with Gasteiger partial charge >= 0.3 is 0 Å². The molecule has 6 heteroatoms. The average molecular weight is 270 g/mol. The maximum absolute atomic E-state index is 13.5. The first kappa shape index (κ1) is 14.6. The van der Waals surface area contributed by atoms with E-state index < -0.39 is 15.8 Å². The van der Waals surface area contributed by atoms with Crippen LogP contribution in [-0.2, 0) is 16.6 Å². The van der Waals surface area contributed by atoms with E-state index in [0.29, 0.717) is 5.56 Å². The van der Waals surface area contributed by atoms with Gasteiger partial charge in [-0.05, 0) is 25.1 Å². The number of nitrogens with one attached hydrogen (secondary N) is 1. The molecule has 0 aliphatic rings. The van der Waals surface area contributed by atoms with Gasteiger partial charge in [0.15, 0.2) is 0 Å². The molecule has 3 N–H and O–H groups in total. The van der Waals surface area contributed by atoms with Crippen LogP contribution in [0.4, 0.5) is 4.39 Å².